The predicted molar refractivity (Wildman–Crippen MR) is 48.9 cm³/mol. The largest absolute Gasteiger partial charge is 0.390 e. The second-order valence-corrected chi connectivity index (χ2v) is 4.61. The van der Waals surface area contributed by atoms with Gasteiger partial charge in [-0.25, -0.2) is 0 Å². The molecular formula is C10H19NO. The number of piperidine rings is 1. The van der Waals surface area contributed by atoms with Crippen LogP contribution in [0.15, 0.2) is 0 Å². The third-order valence-electron chi connectivity index (χ3n) is 3.69. The number of rotatable bonds is 1. The number of aliphatic hydroxyl groups is 1. The standard InChI is InChI=1S/C10H19NO/c1-10(12)5-6-11-7-9(10)8-3-2-4-8/h8-9,11-12H,2-7H2,1H3. The molecule has 70 valence electrons. The minimum Gasteiger partial charge on any atom is -0.390 e. The quantitative estimate of drug-likeness (QED) is 0.617. The van der Waals surface area contributed by atoms with E-state index in [-0.39, 0.29) is 0 Å². The topological polar surface area (TPSA) is 32.3 Å². The summed E-state index contributed by atoms with van der Waals surface area (Å²) in [6, 6.07) is 0. The van der Waals surface area contributed by atoms with Crippen LogP contribution in [0.3, 0.4) is 0 Å². The third kappa shape index (κ3) is 1.38. The Kier molecular flexibility index (Phi) is 2.13. The van der Waals surface area contributed by atoms with Gasteiger partial charge in [0.1, 0.15) is 0 Å². The van der Waals surface area contributed by atoms with E-state index in [0.717, 1.165) is 25.4 Å². The summed E-state index contributed by atoms with van der Waals surface area (Å²) >= 11 is 0. The Morgan fingerprint density at radius 2 is 2.17 bits per heavy atom. The lowest BCUT2D eigenvalue weighted by Crippen LogP contribution is -2.52. The van der Waals surface area contributed by atoms with Crippen molar-refractivity contribution in [2.45, 2.75) is 38.2 Å². The van der Waals surface area contributed by atoms with E-state index in [1.807, 2.05) is 6.92 Å². The second kappa shape index (κ2) is 3.00. The van der Waals surface area contributed by atoms with Gasteiger partial charge in [-0.15, -0.1) is 0 Å². The van der Waals surface area contributed by atoms with Crippen molar-refractivity contribution in [3.8, 4) is 0 Å². The molecule has 1 aliphatic carbocycles. The van der Waals surface area contributed by atoms with Crippen molar-refractivity contribution >= 4 is 0 Å². The highest BCUT2D eigenvalue weighted by molar-refractivity contribution is 4.94. The van der Waals surface area contributed by atoms with Gasteiger partial charge in [0.25, 0.3) is 0 Å². The maximum atomic E-state index is 10.1. The van der Waals surface area contributed by atoms with Crippen LogP contribution in [0.4, 0.5) is 0 Å². The average Bonchev–Trinajstić information content (AvgIpc) is 1.89. The Morgan fingerprint density at radius 1 is 1.42 bits per heavy atom. The van der Waals surface area contributed by atoms with Crippen molar-refractivity contribution in [2.75, 3.05) is 13.1 Å². The molecule has 0 bridgehead atoms. The lowest BCUT2D eigenvalue weighted by Gasteiger charge is -2.45. The van der Waals surface area contributed by atoms with Gasteiger partial charge in [0, 0.05) is 12.5 Å². The van der Waals surface area contributed by atoms with E-state index in [0.29, 0.717) is 5.92 Å². The number of hydrogen-bond donors (Lipinski definition) is 2. The van der Waals surface area contributed by atoms with E-state index in [1.165, 1.54) is 19.3 Å². The van der Waals surface area contributed by atoms with Gasteiger partial charge in [-0.05, 0) is 25.8 Å². The smallest absolute Gasteiger partial charge is 0.0674 e. The summed E-state index contributed by atoms with van der Waals surface area (Å²) in [5, 5.41) is 13.5. The minimum atomic E-state index is -0.393. The lowest BCUT2D eigenvalue weighted by molar-refractivity contribution is -0.0628. The van der Waals surface area contributed by atoms with Crippen molar-refractivity contribution in [1.82, 2.24) is 5.32 Å². The summed E-state index contributed by atoms with van der Waals surface area (Å²) < 4.78 is 0. The maximum absolute atomic E-state index is 10.1. The molecule has 0 aromatic rings. The molecule has 2 heteroatoms. The van der Waals surface area contributed by atoms with Crippen LogP contribution < -0.4 is 5.32 Å². The molecule has 2 fully saturated rings. The molecule has 1 saturated carbocycles. The van der Waals surface area contributed by atoms with Crippen molar-refractivity contribution in [2.24, 2.45) is 11.8 Å². The van der Waals surface area contributed by atoms with Crippen molar-refractivity contribution in [3.05, 3.63) is 0 Å². The van der Waals surface area contributed by atoms with Gasteiger partial charge < -0.3 is 10.4 Å². The summed E-state index contributed by atoms with van der Waals surface area (Å²) in [6.45, 7) is 4.02. The molecule has 2 aliphatic rings. The third-order valence-corrected chi connectivity index (χ3v) is 3.69. The molecule has 0 spiro atoms. The molecule has 2 nitrogen and oxygen atoms in total. The Bertz CT molecular complexity index is 163. The van der Waals surface area contributed by atoms with E-state index in [4.69, 9.17) is 0 Å². The van der Waals surface area contributed by atoms with Gasteiger partial charge in [-0.2, -0.15) is 0 Å². The van der Waals surface area contributed by atoms with E-state index in [9.17, 15) is 5.11 Å². The van der Waals surface area contributed by atoms with E-state index < -0.39 is 5.60 Å². The van der Waals surface area contributed by atoms with Crippen LogP contribution in [0.1, 0.15) is 32.6 Å². The SMILES string of the molecule is CC1(O)CCNCC1C1CCC1. The zero-order chi connectivity index (χ0) is 8.60. The molecule has 12 heavy (non-hydrogen) atoms. The fourth-order valence-electron chi connectivity index (χ4n) is 2.52. The predicted octanol–water partition coefficient (Wildman–Crippen LogP) is 1.15. The highest BCUT2D eigenvalue weighted by Crippen LogP contribution is 2.40. The molecule has 1 saturated heterocycles. The summed E-state index contributed by atoms with van der Waals surface area (Å²) in [5.74, 6) is 1.31. The first kappa shape index (κ1) is 8.52. The summed E-state index contributed by atoms with van der Waals surface area (Å²) in [4.78, 5) is 0. The molecule has 2 N–H and O–H groups in total. The van der Waals surface area contributed by atoms with Crippen molar-refractivity contribution in [3.63, 3.8) is 0 Å². The van der Waals surface area contributed by atoms with Crippen LogP contribution in [-0.4, -0.2) is 23.8 Å². The minimum absolute atomic E-state index is 0.393. The molecule has 2 atom stereocenters. The Labute approximate surface area is 74.4 Å². The number of nitrogens with one attached hydrogen (secondary N) is 1. The molecule has 2 unspecified atom stereocenters. The van der Waals surface area contributed by atoms with Crippen LogP contribution in [0.25, 0.3) is 0 Å². The molecule has 0 aromatic carbocycles. The van der Waals surface area contributed by atoms with E-state index in [2.05, 4.69) is 5.32 Å². The van der Waals surface area contributed by atoms with Gasteiger partial charge >= 0.3 is 0 Å². The molecular weight excluding hydrogens is 150 g/mol. The Hall–Kier alpha value is -0.0800. The fraction of sp³-hybridized carbons (Fsp3) is 1.00. The summed E-state index contributed by atoms with van der Waals surface area (Å²) in [6.07, 6.45) is 4.97. The van der Waals surface area contributed by atoms with Crippen LogP contribution >= 0.6 is 0 Å². The lowest BCUT2D eigenvalue weighted by atomic mass is 9.67. The van der Waals surface area contributed by atoms with E-state index in [1.54, 1.807) is 0 Å². The molecule has 1 heterocycles. The zero-order valence-corrected chi connectivity index (χ0v) is 7.84. The molecule has 2 rings (SSSR count). The van der Waals surface area contributed by atoms with Crippen LogP contribution in [0, 0.1) is 11.8 Å². The fourth-order valence-corrected chi connectivity index (χ4v) is 2.52. The van der Waals surface area contributed by atoms with E-state index >= 15 is 0 Å². The second-order valence-electron chi connectivity index (χ2n) is 4.61. The normalized spacial score (nSPS) is 44.0. The summed E-state index contributed by atoms with van der Waals surface area (Å²) in [5.41, 5.74) is -0.393. The Balaban J connectivity index is 2.00. The highest BCUT2D eigenvalue weighted by Gasteiger charge is 2.41. The van der Waals surface area contributed by atoms with Crippen LogP contribution in [0.5, 0.6) is 0 Å². The van der Waals surface area contributed by atoms with Crippen LogP contribution in [0.2, 0.25) is 0 Å². The number of hydrogen-bond acceptors (Lipinski definition) is 2. The maximum Gasteiger partial charge on any atom is 0.0674 e. The Morgan fingerprint density at radius 3 is 2.67 bits per heavy atom. The first-order valence-electron chi connectivity index (χ1n) is 5.13. The van der Waals surface area contributed by atoms with Crippen molar-refractivity contribution in [1.29, 1.82) is 0 Å². The van der Waals surface area contributed by atoms with Gasteiger partial charge in [0.15, 0.2) is 0 Å². The monoisotopic (exact) mass is 169 g/mol. The first-order valence-corrected chi connectivity index (χ1v) is 5.13. The molecule has 0 radical (unpaired) electrons. The summed E-state index contributed by atoms with van der Waals surface area (Å²) in [7, 11) is 0. The van der Waals surface area contributed by atoms with Gasteiger partial charge in [0.2, 0.25) is 0 Å². The van der Waals surface area contributed by atoms with Crippen LogP contribution in [-0.2, 0) is 0 Å². The first-order chi connectivity index (χ1) is 5.70. The zero-order valence-electron chi connectivity index (χ0n) is 7.84. The van der Waals surface area contributed by atoms with Gasteiger partial charge in [-0.1, -0.05) is 19.3 Å². The molecule has 0 amide bonds. The molecule has 0 aromatic heterocycles. The van der Waals surface area contributed by atoms with Gasteiger partial charge in [0.05, 0.1) is 5.60 Å². The van der Waals surface area contributed by atoms with Crippen molar-refractivity contribution < 1.29 is 5.11 Å². The average molecular weight is 169 g/mol. The van der Waals surface area contributed by atoms with Gasteiger partial charge in [-0.3, -0.25) is 0 Å². The molecule has 1 aliphatic heterocycles. The highest BCUT2D eigenvalue weighted by atomic mass is 16.3.